The molecule has 0 fully saturated rings. The van der Waals surface area contributed by atoms with Gasteiger partial charge in [-0.15, -0.1) is 11.8 Å². The molecular formula is C20H14Cl2F3NO2S2. The van der Waals surface area contributed by atoms with Crippen LogP contribution in [-0.2, 0) is 22.0 Å². The van der Waals surface area contributed by atoms with Crippen molar-refractivity contribution in [3.8, 4) is 0 Å². The summed E-state index contributed by atoms with van der Waals surface area (Å²) in [5.74, 6) is 0.566. The van der Waals surface area contributed by atoms with E-state index in [0.717, 1.165) is 17.7 Å². The third-order valence-corrected chi connectivity index (χ3v) is 7.05. The zero-order chi connectivity index (χ0) is 21.9. The smallest absolute Gasteiger partial charge is 0.278 e. The number of thioether (sulfide) groups is 1. The van der Waals surface area contributed by atoms with E-state index in [2.05, 4.69) is 4.72 Å². The first-order valence-corrected chi connectivity index (χ1v) is 11.6. The number of hydrogen-bond acceptors (Lipinski definition) is 3. The van der Waals surface area contributed by atoms with E-state index in [0.29, 0.717) is 16.7 Å². The van der Waals surface area contributed by atoms with E-state index in [1.54, 1.807) is 12.1 Å². The van der Waals surface area contributed by atoms with Crippen LogP contribution in [-0.4, -0.2) is 8.42 Å². The molecule has 158 valence electrons. The molecule has 1 N–H and O–H groups in total. The summed E-state index contributed by atoms with van der Waals surface area (Å²) in [6.45, 7) is 0. The van der Waals surface area contributed by atoms with E-state index < -0.39 is 31.7 Å². The fraction of sp³-hybridized carbons (Fsp3) is 0.100. The number of benzene rings is 3. The Hall–Kier alpha value is -1.87. The highest BCUT2D eigenvalue weighted by Crippen LogP contribution is 2.37. The van der Waals surface area contributed by atoms with Gasteiger partial charge in [-0.2, -0.15) is 13.2 Å². The predicted molar refractivity (Wildman–Crippen MR) is 115 cm³/mol. The van der Waals surface area contributed by atoms with Gasteiger partial charge in [0.2, 0.25) is 0 Å². The van der Waals surface area contributed by atoms with E-state index in [1.807, 2.05) is 30.3 Å². The van der Waals surface area contributed by atoms with E-state index in [9.17, 15) is 21.6 Å². The molecule has 0 aliphatic rings. The van der Waals surface area contributed by atoms with Gasteiger partial charge in [-0.3, -0.25) is 4.72 Å². The molecule has 0 bridgehead atoms. The first-order valence-electron chi connectivity index (χ1n) is 8.42. The summed E-state index contributed by atoms with van der Waals surface area (Å²) in [6.07, 6.45) is -4.78. The van der Waals surface area contributed by atoms with Crippen molar-refractivity contribution in [2.45, 2.75) is 21.7 Å². The fourth-order valence-electron chi connectivity index (χ4n) is 2.54. The van der Waals surface area contributed by atoms with Gasteiger partial charge in [-0.05, 0) is 42.0 Å². The third kappa shape index (κ3) is 5.63. The van der Waals surface area contributed by atoms with Crippen LogP contribution in [0.1, 0.15) is 11.1 Å². The number of halogens is 5. The van der Waals surface area contributed by atoms with E-state index in [4.69, 9.17) is 23.2 Å². The zero-order valence-corrected chi connectivity index (χ0v) is 18.2. The van der Waals surface area contributed by atoms with E-state index in [-0.39, 0.29) is 10.7 Å². The van der Waals surface area contributed by atoms with Gasteiger partial charge in [0, 0.05) is 15.7 Å². The molecule has 0 aliphatic carbocycles. The molecule has 3 nitrogen and oxygen atoms in total. The molecule has 0 saturated carbocycles. The lowest BCUT2D eigenvalue weighted by atomic mass is 10.2. The largest absolute Gasteiger partial charge is 0.417 e. The van der Waals surface area contributed by atoms with Gasteiger partial charge in [-0.25, -0.2) is 8.42 Å². The van der Waals surface area contributed by atoms with Gasteiger partial charge >= 0.3 is 6.18 Å². The van der Waals surface area contributed by atoms with Crippen LogP contribution in [0.4, 0.5) is 18.9 Å². The van der Waals surface area contributed by atoms with Crippen LogP contribution < -0.4 is 4.72 Å². The Morgan fingerprint density at radius 3 is 2.30 bits per heavy atom. The van der Waals surface area contributed by atoms with Crippen molar-refractivity contribution in [1.82, 2.24) is 0 Å². The topological polar surface area (TPSA) is 46.2 Å². The van der Waals surface area contributed by atoms with Crippen molar-refractivity contribution in [1.29, 1.82) is 0 Å². The van der Waals surface area contributed by atoms with E-state index in [1.165, 1.54) is 17.8 Å². The Kier molecular flexibility index (Phi) is 6.91. The summed E-state index contributed by atoms with van der Waals surface area (Å²) >= 11 is 13.0. The average Bonchev–Trinajstić information content (AvgIpc) is 2.67. The minimum absolute atomic E-state index is 0.173. The summed E-state index contributed by atoms with van der Waals surface area (Å²) in [5.41, 5.74) is -0.0254. The van der Waals surface area contributed by atoms with Crippen molar-refractivity contribution in [3.05, 3.63) is 87.9 Å². The lowest BCUT2D eigenvalue weighted by molar-refractivity contribution is -0.137. The maximum Gasteiger partial charge on any atom is 0.417 e. The molecule has 3 aromatic carbocycles. The molecule has 30 heavy (non-hydrogen) atoms. The highest BCUT2D eigenvalue weighted by molar-refractivity contribution is 7.98. The zero-order valence-electron chi connectivity index (χ0n) is 15.1. The molecule has 0 saturated heterocycles. The lowest BCUT2D eigenvalue weighted by Crippen LogP contribution is -2.15. The quantitative estimate of drug-likeness (QED) is 0.373. The maximum atomic E-state index is 13.1. The Labute approximate surface area is 186 Å². The maximum absolute atomic E-state index is 13.1. The van der Waals surface area contributed by atoms with Crippen LogP contribution in [0.25, 0.3) is 0 Å². The average molecular weight is 492 g/mol. The molecule has 0 aliphatic heterocycles. The van der Waals surface area contributed by atoms with Crippen LogP contribution in [0.5, 0.6) is 0 Å². The van der Waals surface area contributed by atoms with Crippen LogP contribution >= 0.6 is 35.0 Å². The number of anilines is 1. The predicted octanol–water partition coefficient (Wildman–Crippen LogP) is 7.11. The van der Waals surface area contributed by atoms with Crippen molar-refractivity contribution < 1.29 is 21.6 Å². The second-order valence-electron chi connectivity index (χ2n) is 6.16. The van der Waals surface area contributed by atoms with Gasteiger partial charge in [0.25, 0.3) is 10.0 Å². The molecule has 0 radical (unpaired) electrons. The summed E-state index contributed by atoms with van der Waals surface area (Å²) in [4.78, 5) is 0.0232. The molecule has 0 amide bonds. The summed E-state index contributed by atoms with van der Waals surface area (Å²) in [5, 5.41) is -0.299. The van der Waals surface area contributed by atoms with Crippen LogP contribution in [0.3, 0.4) is 0 Å². The number of nitrogens with one attached hydrogen (secondary N) is 1. The molecule has 3 rings (SSSR count). The summed E-state index contributed by atoms with van der Waals surface area (Å²) in [7, 11) is -4.32. The van der Waals surface area contributed by atoms with Crippen LogP contribution in [0, 0.1) is 0 Å². The summed E-state index contributed by atoms with van der Waals surface area (Å²) < 4.78 is 67.2. The Balaban J connectivity index is 1.90. The number of hydrogen-bond donors (Lipinski definition) is 1. The van der Waals surface area contributed by atoms with Crippen molar-refractivity contribution in [2.75, 3.05) is 4.72 Å². The first-order chi connectivity index (χ1) is 14.1. The van der Waals surface area contributed by atoms with Gasteiger partial charge < -0.3 is 0 Å². The molecule has 0 aromatic heterocycles. The minimum Gasteiger partial charge on any atom is -0.278 e. The molecular weight excluding hydrogens is 478 g/mol. The Bertz CT molecular complexity index is 1150. The SMILES string of the molecule is O=S(=O)(Nc1cc(Cl)ccc1SCc1ccccc1)c1ccc(Cl)c(C(F)(F)F)c1. The van der Waals surface area contributed by atoms with Crippen LogP contribution in [0.15, 0.2) is 76.5 Å². The van der Waals surface area contributed by atoms with E-state index >= 15 is 0 Å². The normalized spacial score (nSPS) is 12.0. The first kappa shape index (κ1) is 22.8. The second-order valence-corrected chi connectivity index (χ2v) is 9.70. The van der Waals surface area contributed by atoms with Gasteiger partial charge in [0.15, 0.2) is 0 Å². The highest BCUT2D eigenvalue weighted by Gasteiger charge is 2.34. The van der Waals surface area contributed by atoms with Gasteiger partial charge in [0.1, 0.15) is 0 Å². The number of sulfonamides is 1. The molecule has 0 unspecified atom stereocenters. The monoisotopic (exact) mass is 491 g/mol. The third-order valence-electron chi connectivity index (χ3n) is 3.98. The molecule has 10 heteroatoms. The molecule has 0 spiro atoms. The Morgan fingerprint density at radius 2 is 1.63 bits per heavy atom. The van der Waals surface area contributed by atoms with Crippen molar-refractivity contribution in [2.24, 2.45) is 0 Å². The van der Waals surface area contributed by atoms with Crippen molar-refractivity contribution in [3.63, 3.8) is 0 Å². The fourth-order valence-corrected chi connectivity index (χ4v) is 5.04. The highest BCUT2D eigenvalue weighted by atomic mass is 35.5. The van der Waals surface area contributed by atoms with Gasteiger partial charge in [0.05, 0.1) is 21.2 Å². The number of alkyl halides is 3. The molecule has 0 heterocycles. The lowest BCUT2D eigenvalue weighted by Gasteiger charge is -2.15. The molecule has 3 aromatic rings. The Morgan fingerprint density at radius 1 is 0.933 bits per heavy atom. The summed E-state index contributed by atoms with van der Waals surface area (Å²) in [6, 6.07) is 16.6. The van der Waals surface area contributed by atoms with Gasteiger partial charge in [-0.1, -0.05) is 53.5 Å². The second kappa shape index (κ2) is 9.09. The van der Waals surface area contributed by atoms with Crippen LogP contribution in [0.2, 0.25) is 10.0 Å². The standard InChI is InChI=1S/C20H14Cl2F3NO2S2/c21-14-6-9-19(29-12-13-4-2-1-3-5-13)18(10-14)26-30(27,28)15-7-8-17(22)16(11-15)20(23,24)25/h1-11,26H,12H2. The molecule has 0 atom stereocenters. The number of rotatable bonds is 6. The minimum atomic E-state index is -4.78. The van der Waals surface area contributed by atoms with Crippen molar-refractivity contribution >= 4 is 50.7 Å².